The van der Waals surface area contributed by atoms with Crippen molar-refractivity contribution in [3.63, 3.8) is 0 Å². The van der Waals surface area contributed by atoms with Crippen molar-refractivity contribution >= 4 is 11.9 Å². The van der Waals surface area contributed by atoms with Gasteiger partial charge in [0.05, 0.1) is 0 Å². The Labute approximate surface area is 95.4 Å². The molecule has 0 rings (SSSR count). The van der Waals surface area contributed by atoms with Gasteiger partial charge in [-0.3, -0.25) is 9.59 Å². The van der Waals surface area contributed by atoms with E-state index in [1.165, 1.54) is 0 Å². The zero-order chi connectivity index (χ0) is 12.4. The summed E-state index contributed by atoms with van der Waals surface area (Å²) >= 11 is 0. The predicted molar refractivity (Wildman–Crippen MR) is 60.8 cm³/mol. The highest BCUT2D eigenvalue weighted by Gasteiger charge is 2.12. The molecular formula is C10H21N3O3. The fourth-order valence-electron chi connectivity index (χ4n) is 1.17. The van der Waals surface area contributed by atoms with Gasteiger partial charge in [-0.2, -0.15) is 0 Å². The van der Waals surface area contributed by atoms with Gasteiger partial charge in [-0.1, -0.05) is 6.42 Å². The van der Waals surface area contributed by atoms with Crippen molar-refractivity contribution in [2.75, 3.05) is 13.1 Å². The maximum absolute atomic E-state index is 11.2. The summed E-state index contributed by atoms with van der Waals surface area (Å²) in [4.78, 5) is 21.6. The van der Waals surface area contributed by atoms with E-state index in [4.69, 9.17) is 16.6 Å². The van der Waals surface area contributed by atoms with Crippen LogP contribution in [0.1, 0.15) is 32.1 Å². The summed E-state index contributed by atoms with van der Waals surface area (Å²) < 4.78 is 0. The van der Waals surface area contributed by atoms with Gasteiger partial charge in [0.2, 0.25) is 5.91 Å². The first-order valence-electron chi connectivity index (χ1n) is 5.53. The minimum absolute atomic E-state index is 0.149. The minimum Gasteiger partial charge on any atom is -0.480 e. The van der Waals surface area contributed by atoms with Crippen molar-refractivity contribution in [1.82, 2.24) is 5.32 Å². The van der Waals surface area contributed by atoms with Crippen LogP contribution in [0.4, 0.5) is 0 Å². The maximum Gasteiger partial charge on any atom is 0.320 e. The summed E-state index contributed by atoms with van der Waals surface area (Å²) in [7, 11) is 0. The fourth-order valence-corrected chi connectivity index (χ4v) is 1.17. The second kappa shape index (κ2) is 9.11. The van der Waals surface area contributed by atoms with Gasteiger partial charge in [0.1, 0.15) is 6.04 Å². The van der Waals surface area contributed by atoms with E-state index >= 15 is 0 Å². The van der Waals surface area contributed by atoms with Gasteiger partial charge in [0, 0.05) is 13.0 Å². The van der Waals surface area contributed by atoms with Crippen LogP contribution in [0.5, 0.6) is 0 Å². The van der Waals surface area contributed by atoms with E-state index in [0.717, 1.165) is 19.3 Å². The van der Waals surface area contributed by atoms with Crippen LogP contribution in [0.3, 0.4) is 0 Å². The molecule has 1 amide bonds. The Bertz CT molecular complexity index is 221. The topological polar surface area (TPSA) is 118 Å². The molecule has 16 heavy (non-hydrogen) atoms. The van der Waals surface area contributed by atoms with Crippen molar-refractivity contribution in [3.05, 3.63) is 0 Å². The first-order valence-corrected chi connectivity index (χ1v) is 5.53. The lowest BCUT2D eigenvalue weighted by atomic mass is 10.1. The largest absolute Gasteiger partial charge is 0.480 e. The zero-order valence-electron chi connectivity index (χ0n) is 9.45. The number of hydrogen-bond donors (Lipinski definition) is 4. The molecule has 0 bridgehead atoms. The lowest BCUT2D eigenvalue weighted by molar-refractivity contribution is -0.138. The lowest BCUT2D eigenvalue weighted by Gasteiger charge is -2.07. The van der Waals surface area contributed by atoms with Crippen LogP contribution in [0, 0.1) is 0 Å². The number of carbonyl (C=O) groups is 2. The third-order valence-corrected chi connectivity index (χ3v) is 2.20. The quantitative estimate of drug-likeness (QED) is 0.396. The Morgan fingerprint density at radius 3 is 2.50 bits per heavy atom. The second-order valence-electron chi connectivity index (χ2n) is 3.68. The average Bonchev–Trinajstić information content (AvgIpc) is 2.25. The number of carbonyl (C=O) groups excluding carboxylic acids is 1. The minimum atomic E-state index is -1.07. The summed E-state index contributed by atoms with van der Waals surface area (Å²) in [5.74, 6) is -1.22. The lowest BCUT2D eigenvalue weighted by Crippen LogP contribution is -2.32. The van der Waals surface area contributed by atoms with E-state index in [1.807, 2.05) is 0 Å². The highest BCUT2D eigenvalue weighted by Crippen LogP contribution is 1.96. The molecule has 0 radical (unpaired) electrons. The number of aliphatic carboxylic acids is 1. The number of nitrogens with two attached hydrogens (primary N) is 2. The molecule has 0 aromatic rings. The van der Waals surface area contributed by atoms with E-state index in [-0.39, 0.29) is 18.7 Å². The van der Waals surface area contributed by atoms with Crippen LogP contribution < -0.4 is 16.8 Å². The molecule has 94 valence electrons. The summed E-state index contributed by atoms with van der Waals surface area (Å²) in [6.07, 6.45) is 3.17. The van der Waals surface area contributed by atoms with Gasteiger partial charge in [-0.25, -0.2) is 0 Å². The van der Waals surface area contributed by atoms with Gasteiger partial charge < -0.3 is 21.9 Å². The van der Waals surface area contributed by atoms with E-state index in [2.05, 4.69) is 5.32 Å². The smallest absolute Gasteiger partial charge is 0.320 e. The standard InChI is InChI=1S/C10H21N3O3/c11-6-2-1-3-7-13-9(14)5-4-8(12)10(15)16/h8H,1-7,11-12H2,(H,13,14)(H,15,16)/t8-/m0/s1. The van der Waals surface area contributed by atoms with Crippen molar-refractivity contribution < 1.29 is 14.7 Å². The van der Waals surface area contributed by atoms with Gasteiger partial charge in [0.15, 0.2) is 0 Å². The van der Waals surface area contributed by atoms with Crippen LogP contribution in [-0.2, 0) is 9.59 Å². The predicted octanol–water partition coefficient (Wildman–Crippen LogP) is -0.576. The Hall–Kier alpha value is -1.14. The first kappa shape index (κ1) is 14.9. The number of carboxylic acid groups (broad SMARTS) is 1. The summed E-state index contributed by atoms with van der Waals surface area (Å²) in [6.45, 7) is 1.28. The average molecular weight is 231 g/mol. The molecular weight excluding hydrogens is 210 g/mol. The molecule has 0 unspecified atom stereocenters. The van der Waals surface area contributed by atoms with Crippen molar-refractivity contribution in [1.29, 1.82) is 0 Å². The summed E-state index contributed by atoms with van der Waals surface area (Å²) in [5.41, 5.74) is 10.6. The number of amides is 1. The molecule has 0 aromatic carbocycles. The maximum atomic E-state index is 11.2. The number of hydrogen-bond acceptors (Lipinski definition) is 4. The molecule has 6 heteroatoms. The molecule has 0 heterocycles. The van der Waals surface area contributed by atoms with Gasteiger partial charge in [-0.15, -0.1) is 0 Å². The van der Waals surface area contributed by atoms with E-state index in [1.54, 1.807) is 0 Å². The van der Waals surface area contributed by atoms with Gasteiger partial charge in [0.25, 0.3) is 0 Å². The molecule has 0 aliphatic rings. The van der Waals surface area contributed by atoms with E-state index in [0.29, 0.717) is 13.1 Å². The SMILES string of the molecule is NCCCCCNC(=O)CC[C@H](N)C(=O)O. The number of carboxylic acids is 1. The van der Waals surface area contributed by atoms with Crippen LogP contribution >= 0.6 is 0 Å². The molecule has 0 fully saturated rings. The molecule has 6 nitrogen and oxygen atoms in total. The third kappa shape index (κ3) is 8.19. The van der Waals surface area contributed by atoms with Crippen LogP contribution in [-0.4, -0.2) is 36.1 Å². The molecule has 0 aliphatic carbocycles. The van der Waals surface area contributed by atoms with Crippen LogP contribution in [0.25, 0.3) is 0 Å². The van der Waals surface area contributed by atoms with E-state index in [9.17, 15) is 9.59 Å². The number of rotatable bonds is 9. The Kier molecular flexibility index (Phi) is 8.46. The van der Waals surface area contributed by atoms with E-state index < -0.39 is 12.0 Å². The van der Waals surface area contributed by atoms with Crippen molar-refractivity contribution in [2.24, 2.45) is 11.5 Å². The molecule has 0 saturated carbocycles. The molecule has 0 spiro atoms. The first-order chi connectivity index (χ1) is 7.57. The number of unbranched alkanes of at least 4 members (excludes halogenated alkanes) is 2. The Balaban J connectivity index is 3.41. The molecule has 0 aliphatic heterocycles. The summed E-state index contributed by atoms with van der Waals surface area (Å²) in [6, 6.07) is -0.956. The normalized spacial score (nSPS) is 12.1. The Morgan fingerprint density at radius 2 is 1.94 bits per heavy atom. The highest BCUT2D eigenvalue weighted by molar-refractivity contribution is 5.78. The molecule has 6 N–H and O–H groups in total. The molecule has 1 atom stereocenters. The fraction of sp³-hybridized carbons (Fsp3) is 0.800. The monoisotopic (exact) mass is 231 g/mol. The summed E-state index contributed by atoms with van der Waals surface area (Å²) in [5, 5.41) is 11.2. The van der Waals surface area contributed by atoms with Crippen LogP contribution in [0.2, 0.25) is 0 Å². The Morgan fingerprint density at radius 1 is 1.25 bits per heavy atom. The third-order valence-electron chi connectivity index (χ3n) is 2.20. The zero-order valence-corrected chi connectivity index (χ0v) is 9.45. The highest BCUT2D eigenvalue weighted by atomic mass is 16.4. The molecule has 0 saturated heterocycles. The number of nitrogens with one attached hydrogen (secondary N) is 1. The van der Waals surface area contributed by atoms with Crippen molar-refractivity contribution in [3.8, 4) is 0 Å². The van der Waals surface area contributed by atoms with Gasteiger partial charge in [-0.05, 0) is 25.8 Å². The van der Waals surface area contributed by atoms with Gasteiger partial charge >= 0.3 is 5.97 Å². The molecule has 0 aromatic heterocycles. The van der Waals surface area contributed by atoms with Crippen LogP contribution in [0.15, 0.2) is 0 Å². The van der Waals surface area contributed by atoms with Crippen molar-refractivity contribution in [2.45, 2.75) is 38.1 Å². The second-order valence-corrected chi connectivity index (χ2v) is 3.68.